The van der Waals surface area contributed by atoms with Crippen molar-refractivity contribution in [3.63, 3.8) is 0 Å². The number of carbonyl (C=O) groups excluding carboxylic acids is 2. The first-order chi connectivity index (χ1) is 11.1. The molecule has 0 spiro atoms. The number of aryl methyl sites for hydroxylation is 1. The predicted octanol–water partition coefficient (Wildman–Crippen LogP) is 2.92. The maximum absolute atomic E-state index is 11.7. The third-order valence-electron chi connectivity index (χ3n) is 2.89. The van der Waals surface area contributed by atoms with Crippen LogP contribution in [0, 0.1) is 11.3 Å². The zero-order chi connectivity index (χ0) is 16.7. The van der Waals surface area contributed by atoms with Crippen molar-refractivity contribution in [2.75, 3.05) is 11.9 Å². The fraction of sp³-hybridized carbons (Fsp3) is 0.188. The van der Waals surface area contributed by atoms with Gasteiger partial charge in [-0.15, -0.1) is 0 Å². The van der Waals surface area contributed by atoms with E-state index in [1.165, 1.54) is 18.4 Å². The summed E-state index contributed by atoms with van der Waals surface area (Å²) in [6, 6.07) is 9.90. The molecule has 0 bridgehead atoms. The van der Waals surface area contributed by atoms with Crippen molar-refractivity contribution in [3.8, 4) is 6.07 Å². The van der Waals surface area contributed by atoms with Gasteiger partial charge in [-0.2, -0.15) is 5.26 Å². The minimum Gasteiger partial charge on any atom is -0.469 e. The van der Waals surface area contributed by atoms with Crippen molar-refractivity contribution < 1.29 is 18.7 Å². The van der Waals surface area contributed by atoms with Crippen LogP contribution in [-0.2, 0) is 20.7 Å². The Morgan fingerprint density at radius 2 is 2.17 bits per heavy atom. The predicted molar refractivity (Wildman–Crippen MR) is 82.8 cm³/mol. The Morgan fingerprint density at radius 1 is 1.35 bits per heavy atom. The highest BCUT2D eigenvalue weighted by molar-refractivity contribution is 6.32. The number of hydrogen-bond acceptors (Lipinski definition) is 5. The maximum Gasteiger partial charge on any atom is 0.306 e. The van der Waals surface area contributed by atoms with Gasteiger partial charge in [0.25, 0.3) is 5.91 Å². The second-order valence-corrected chi connectivity index (χ2v) is 5.00. The molecule has 0 unspecified atom stereocenters. The number of nitrogens with zero attached hydrogens (tertiary/aromatic N) is 1. The Kier molecular flexibility index (Phi) is 5.78. The van der Waals surface area contributed by atoms with Gasteiger partial charge in [0, 0.05) is 12.1 Å². The number of halogens is 1. The van der Waals surface area contributed by atoms with E-state index in [-0.39, 0.29) is 11.4 Å². The summed E-state index contributed by atoms with van der Waals surface area (Å²) in [6.07, 6.45) is 2.07. The molecule has 1 heterocycles. The molecule has 1 amide bonds. The first-order valence-corrected chi connectivity index (χ1v) is 7.14. The summed E-state index contributed by atoms with van der Waals surface area (Å²) < 4.78 is 9.97. The van der Waals surface area contributed by atoms with Gasteiger partial charge >= 0.3 is 5.97 Å². The fourth-order valence-electron chi connectivity index (χ4n) is 1.78. The van der Waals surface area contributed by atoms with Gasteiger partial charge < -0.3 is 14.5 Å². The summed E-state index contributed by atoms with van der Waals surface area (Å²) in [5.41, 5.74) is 0.736. The van der Waals surface area contributed by atoms with Crippen LogP contribution in [0.2, 0.25) is 5.02 Å². The van der Waals surface area contributed by atoms with Crippen LogP contribution in [0.3, 0.4) is 0 Å². The van der Waals surface area contributed by atoms with Crippen LogP contribution in [0.4, 0.5) is 5.69 Å². The van der Waals surface area contributed by atoms with Crippen LogP contribution < -0.4 is 5.32 Å². The number of hydrogen-bond donors (Lipinski definition) is 1. The topological polar surface area (TPSA) is 92.3 Å². The van der Waals surface area contributed by atoms with Gasteiger partial charge in [0.2, 0.25) is 0 Å². The Bertz CT molecular complexity index is 735. The Balaban J connectivity index is 1.75. The zero-order valence-electron chi connectivity index (χ0n) is 12.0. The van der Waals surface area contributed by atoms with Gasteiger partial charge in [0.05, 0.1) is 23.3 Å². The summed E-state index contributed by atoms with van der Waals surface area (Å²) in [5.74, 6) is -0.301. The molecule has 0 saturated carbocycles. The van der Waals surface area contributed by atoms with Gasteiger partial charge in [-0.05, 0) is 30.3 Å². The molecular formula is C16H13ClN2O4. The molecule has 1 aromatic carbocycles. The highest BCUT2D eigenvalue weighted by atomic mass is 35.5. The van der Waals surface area contributed by atoms with Crippen LogP contribution in [0.15, 0.2) is 41.0 Å². The summed E-state index contributed by atoms with van der Waals surface area (Å²) in [4.78, 5) is 23.2. The molecule has 118 valence electrons. The van der Waals surface area contributed by atoms with E-state index in [2.05, 4.69) is 5.32 Å². The number of ether oxygens (including phenoxy) is 1. The van der Waals surface area contributed by atoms with Gasteiger partial charge in [0.15, 0.2) is 6.61 Å². The summed E-state index contributed by atoms with van der Waals surface area (Å²) in [5, 5.41) is 11.5. The summed E-state index contributed by atoms with van der Waals surface area (Å²) in [7, 11) is 0. The van der Waals surface area contributed by atoms with E-state index in [9.17, 15) is 9.59 Å². The number of nitrogens with one attached hydrogen (secondary N) is 1. The van der Waals surface area contributed by atoms with Crippen molar-refractivity contribution in [1.82, 2.24) is 0 Å². The first-order valence-electron chi connectivity index (χ1n) is 6.76. The van der Waals surface area contributed by atoms with E-state index in [1.807, 2.05) is 6.07 Å². The lowest BCUT2D eigenvalue weighted by Crippen LogP contribution is -2.21. The van der Waals surface area contributed by atoms with Crippen LogP contribution in [-0.4, -0.2) is 18.5 Å². The number of anilines is 1. The van der Waals surface area contributed by atoms with Crippen molar-refractivity contribution in [2.45, 2.75) is 12.8 Å². The number of rotatable bonds is 6. The molecule has 0 fully saturated rings. The van der Waals surface area contributed by atoms with Crippen LogP contribution in [0.25, 0.3) is 0 Å². The second-order valence-electron chi connectivity index (χ2n) is 4.59. The minimum absolute atomic E-state index is 0.128. The molecule has 0 atom stereocenters. The zero-order valence-corrected chi connectivity index (χ0v) is 12.8. The monoisotopic (exact) mass is 332 g/mol. The lowest BCUT2D eigenvalue weighted by Gasteiger charge is -2.07. The van der Waals surface area contributed by atoms with Crippen LogP contribution >= 0.6 is 11.6 Å². The average molecular weight is 333 g/mol. The van der Waals surface area contributed by atoms with Crippen molar-refractivity contribution in [3.05, 3.63) is 52.9 Å². The number of carbonyl (C=O) groups is 2. The molecule has 0 aliphatic heterocycles. The summed E-state index contributed by atoms with van der Waals surface area (Å²) >= 11 is 5.86. The standard InChI is InChI=1S/C16H13ClN2O4/c17-14-8-12(4-3-11(14)9-18)19-15(20)10-23-16(21)6-5-13-2-1-7-22-13/h1-4,7-8H,5-6,10H2,(H,19,20). The molecule has 23 heavy (non-hydrogen) atoms. The lowest BCUT2D eigenvalue weighted by atomic mass is 10.2. The molecular weight excluding hydrogens is 320 g/mol. The highest BCUT2D eigenvalue weighted by Crippen LogP contribution is 2.20. The van der Waals surface area contributed by atoms with Crippen LogP contribution in [0.5, 0.6) is 0 Å². The van der Waals surface area contributed by atoms with Crippen LogP contribution in [0.1, 0.15) is 17.7 Å². The highest BCUT2D eigenvalue weighted by Gasteiger charge is 2.10. The Morgan fingerprint density at radius 3 is 2.83 bits per heavy atom. The molecule has 0 saturated heterocycles. The van der Waals surface area contributed by atoms with Crippen molar-refractivity contribution in [1.29, 1.82) is 5.26 Å². The third kappa shape index (κ3) is 5.16. The Labute approximate surface area is 137 Å². The molecule has 1 aromatic heterocycles. The number of benzene rings is 1. The van der Waals surface area contributed by atoms with E-state index in [4.69, 9.17) is 26.0 Å². The van der Waals surface area contributed by atoms with E-state index in [0.29, 0.717) is 23.4 Å². The quantitative estimate of drug-likeness (QED) is 0.821. The molecule has 2 aromatic rings. The third-order valence-corrected chi connectivity index (χ3v) is 3.21. The van der Waals surface area contributed by atoms with Crippen molar-refractivity contribution >= 4 is 29.2 Å². The van der Waals surface area contributed by atoms with E-state index < -0.39 is 18.5 Å². The van der Waals surface area contributed by atoms with Crippen molar-refractivity contribution in [2.24, 2.45) is 0 Å². The number of esters is 1. The lowest BCUT2D eigenvalue weighted by molar-refractivity contribution is -0.147. The molecule has 0 radical (unpaired) electrons. The largest absolute Gasteiger partial charge is 0.469 e. The first kappa shape index (κ1) is 16.6. The van der Waals surface area contributed by atoms with Gasteiger partial charge in [-0.1, -0.05) is 11.6 Å². The van der Waals surface area contributed by atoms with E-state index in [1.54, 1.807) is 18.2 Å². The number of furan rings is 1. The number of nitriles is 1. The van der Waals surface area contributed by atoms with Gasteiger partial charge in [-0.3, -0.25) is 9.59 Å². The molecule has 0 aliphatic rings. The molecule has 6 nitrogen and oxygen atoms in total. The normalized spacial score (nSPS) is 9.91. The van der Waals surface area contributed by atoms with E-state index in [0.717, 1.165) is 0 Å². The smallest absolute Gasteiger partial charge is 0.306 e. The molecule has 7 heteroatoms. The average Bonchev–Trinajstić information content (AvgIpc) is 3.04. The molecule has 0 aliphatic carbocycles. The second kappa shape index (κ2) is 8.01. The Hall–Kier alpha value is -2.78. The van der Waals surface area contributed by atoms with Gasteiger partial charge in [0.1, 0.15) is 11.8 Å². The SMILES string of the molecule is N#Cc1ccc(NC(=O)COC(=O)CCc2ccco2)cc1Cl. The van der Waals surface area contributed by atoms with Gasteiger partial charge in [-0.25, -0.2) is 0 Å². The summed E-state index contributed by atoms with van der Waals surface area (Å²) in [6.45, 7) is -0.394. The maximum atomic E-state index is 11.7. The molecule has 1 N–H and O–H groups in total. The van der Waals surface area contributed by atoms with E-state index >= 15 is 0 Å². The number of amides is 1. The fourth-order valence-corrected chi connectivity index (χ4v) is 2.00. The minimum atomic E-state index is -0.491. The molecule has 2 rings (SSSR count).